The van der Waals surface area contributed by atoms with Gasteiger partial charge in [0.15, 0.2) is 0 Å². The first-order chi connectivity index (χ1) is 7.79. The van der Waals surface area contributed by atoms with Crippen molar-refractivity contribution in [2.24, 2.45) is 0 Å². The predicted molar refractivity (Wildman–Crippen MR) is 69.5 cm³/mol. The summed E-state index contributed by atoms with van der Waals surface area (Å²) in [4.78, 5) is 0. The number of benzene rings is 1. The van der Waals surface area contributed by atoms with Gasteiger partial charge < -0.3 is 11.1 Å². The maximum Gasteiger partial charge on any atom is 0.101 e. The molecule has 0 spiro atoms. The fourth-order valence-corrected chi connectivity index (χ4v) is 3.00. The maximum atomic E-state index is 8.86. The minimum atomic E-state index is 0.545. The standard InChI is InChI=1S/C12H15N3S/c13-7-9-6-10(3-4-12(9)14)15-8-11-2-1-5-16-11/h3-4,6,11,15H,1-2,5,8,14H2. The summed E-state index contributed by atoms with van der Waals surface area (Å²) < 4.78 is 0. The Balaban J connectivity index is 1.96. The predicted octanol–water partition coefficient (Wildman–Crippen LogP) is 2.45. The zero-order chi connectivity index (χ0) is 11.4. The van der Waals surface area contributed by atoms with Crippen LogP contribution in [-0.2, 0) is 0 Å². The first kappa shape index (κ1) is 11.2. The van der Waals surface area contributed by atoms with Gasteiger partial charge in [-0.1, -0.05) is 0 Å². The summed E-state index contributed by atoms with van der Waals surface area (Å²) in [5.74, 6) is 1.28. The Morgan fingerprint density at radius 2 is 2.44 bits per heavy atom. The van der Waals surface area contributed by atoms with Gasteiger partial charge in [-0.3, -0.25) is 0 Å². The van der Waals surface area contributed by atoms with Crippen molar-refractivity contribution in [1.29, 1.82) is 5.26 Å². The van der Waals surface area contributed by atoms with Crippen molar-refractivity contribution in [3.05, 3.63) is 23.8 Å². The first-order valence-electron chi connectivity index (χ1n) is 5.44. The van der Waals surface area contributed by atoms with Gasteiger partial charge in [-0.05, 0) is 36.8 Å². The van der Waals surface area contributed by atoms with Crippen molar-refractivity contribution in [1.82, 2.24) is 0 Å². The molecular weight excluding hydrogens is 218 g/mol. The van der Waals surface area contributed by atoms with Crippen LogP contribution in [0.3, 0.4) is 0 Å². The Bertz CT molecular complexity index is 405. The third-order valence-corrected chi connectivity index (χ3v) is 4.13. The summed E-state index contributed by atoms with van der Waals surface area (Å²) in [6.45, 7) is 0.972. The molecule has 0 saturated carbocycles. The highest BCUT2D eigenvalue weighted by Crippen LogP contribution is 2.26. The van der Waals surface area contributed by atoms with E-state index < -0.39 is 0 Å². The highest BCUT2D eigenvalue weighted by atomic mass is 32.2. The number of thioether (sulfide) groups is 1. The summed E-state index contributed by atoms with van der Waals surface area (Å²) >= 11 is 2.02. The van der Waals surface area contributed by atoms with E-state index in [-0.39, 0.29) is 0 Å². The molecule has 0 aliphatic carbocycles. The minimum Gasteiger partial charge on any atom is -0.398 e. The van der Waals surface area contributed by atoms with Crippen molar-refractivity contribution in [2.75, 3.05) is 23.3 Å². The fourth-order valence-electron chi connectivity index (χ4n) is 1.80. The van der Waals surface area contributed by atoms with E-state index in [0.29, 0.717) is 16.5 Å². The van der Waals surface area contributed by atoms with Crippen LogP contribution in [0.4, 0.5) is 11.4 Å². The van der Waals surface area contributed by atoms with Gasteiger partial charge in [0.2, 0.25) is 0 Å². The molecule has 1 aromatic rings. The molecule has 1 fully saturated rings. The summed E-state index contributed by atoms with van der Waals surface area (Å²) in [6.07, 6.45) is 2.61. The summed E-state index contributed by atoms with van der Waals surface area (Å²) in [5, 5.41) is 12.9. The van der Waals surface area contributed by atoms with E-state index in [2.05, 4.69) is 11.4 Å². The van der Waals surface area contributed by atoms with Crippen molar-refractivity contribution in [3.8, 4) is 6.07 Å². The molecule has 1 heterocycles. The smallest absolute Gasteiger partial charge is 0.101 e. The van der Waals surface area contributed by atoms with Crippen LogP contribution in [0.2, 0.25) is 0 Å². The molecule has 1 aliphatic rings. The third-order valence-electron chi connectivity index (χ3n) is 2.73. The van der Waals surface area contributed by atoms with Gasteiger partial charge in [0.05, 0.1) is 5.56 Å². The van der Waals surface area contributed by atoms with E-state index in [1.54, 1.807) is 6.07 Å². The van der Waals surface area contributed by atoms with Gasteiger partial charge >= 0.3 is 0 Å². The molecule has 3 N–H and O–H groups in total. The summed E-state index contributed by atoms with van der Waals surface area (Å²) in [7, 11) is 0. The molecule has 3 nitrogen and oxygen atoms in total. The lowest BCUT2D eigenvalue weighted by atomic mass is 10.1. The lowest BCUT2D eigenvalue weighted by Gasteiger charge is -2.11. The number of nitriles is 1. The molecule has 1 aromatic carbocycles. The van der Waals surface area contributed by atoms with Gasteiger partial charge in [-0.2, -0.15) is 17.0 Å². The SMILES string of the molecule is N#Cc1cc(NCC2CCCS2)ccc1N. The molecule has 0 amide bonds. The van der Waals surface area contributed by atoms with Gasteiger partial charge in [-0.15, -0.1) is 0 Å². The zero-order valence-electron chi connectivity index (χ0n) is 9.07. The number of nitrogens with two attached hydrogens (primary N) is 1. The summed E-state index contributed by atoms with van der Waals surface area (Å²) in [6, 6.07) is 7.61. The average molecular weight is 233 g/mol. The van der Waals surface area contributed by atoms with Crippen LogP contribution in [0.25, 0.3) is 0 Å². The van der Waals surface area contributed by atoms with Crippen molar-refractivity contribution >= 4 is 23.1 Å². The monoisotopic (exact) mass is 233 g/mol. The highest BCUT2D eigenvalue weighted by Gasteiger charge is 2.14. The van der Waals surface area contributed by atoms with Gasteiger partial charge in [0.1, 0.15) is 6.07 Å². The molecule has 1 unspecified atom stereocenters. The van der Waals surface area contributed by atoms with Gasteiger partial charge in [0.25, 0.3) is 0 Å². The fraction of sp³-hybridized carbons (Fsp3) is 0.417. The molecule has 84 valence electrons. The van der Waals surface area contributed by atoms with Gasteiger partial charge in [-0.25, -0.2) is 0 Å². The first-order valence-corrected chi connectivity index (χ1v) is 6.49. The molecule has 0 bridgehead atoms. The normalized spacial score (nSPS) is 19.3. The maximum absolute atomic E-state index is 8.86. The molecule has 1 atom stereocenters. The Morgan fingerprint density at radius 3 is 3.12 bits per heavy atom. The van der Waals surface area contributed by atoms with Crippen molar-refractivity contribution in [3.63, 3.8) is 0 Å². The number of nitrogens with one attached hydrogen (secondary N) is 1. The second-order valence-electron chi connectivity index (χ2n) is 3.93. The molecule has 1 saturated heterocycles. The highest BCUT2D eigenvalue weighted by molar-refractivity contribution is 8.00. The quantitative estimate of drug-likeness (QED) is 0.787. The Morgan fingerprint density at radius 1 is 1.56 bits per heavy atom. The molecule has 0 radical (unpaired) electrons. The van der Waals surface area contributed by atoms with Crippen molar-refractivity contribution < 1.29 is 0 Å². The molecule has 0 aromatic heterocycles. The van der Waals surface area contributed by atoms with Crippen LogP contribution >= 0.6 is 11.8 Å². The second-order valence-corrected chi connectivity index (χ2v) is 5.34. The molecular formula is C12H15N3S. The number of nitrogen functional groups attached to an aromatic ring is 1. The van der Waals surface area contributed by atoms with E-state index in [9.17, 15) is 0 Å². The Kier molecular flexibility index (Phi) is 3.58. The summed E-state index contributed by atoms with van der Waals surface area (Å²) in [5.41, 5.74) is 7.74. The van der Waals surface area contributed by atoms with E-state index in [1.165, 1.54) is 18.6 Å². The Hall–Kier alpha value is -1.34. The zero-order valence-corrected chi connectivity index (χ0v) is 9.89. The number of rotatable bonds is 3. The Labute approximate surface area is 100 Å². The topological polar surface area (TPSA) is 61.8 Å². The van der Waals surface area contributed by atoms with Crippen LogP contribution in [0, 0.1) is 11.3 Å². The average Bonchev–Trinajstić information content (AvgIpc) is 2.81. The number of hydrogen-bond acceptors (Lipinski definition) is 4. The number of hydrogen-bond donors (Lipinski definition) is 2. The van der Waals surface area contributed by atoms with Crippen LogP contribution < -0.4 is 11.1 Å². The van der Waals surface area contributed by atoms with Crippen LogP contribution in [-0.4, -0.2) is 17.5 Å². The van der Waals surface area contributed by atoms with Gasteiger partial charge in [0, 0.05) is 23.2 Å². The number of anilines is 2. The largest absolute Gasteiger partial charge is 0.398 e. The van der Waals surface area contributed by atoms with E-state index in [1.807, 2.05) is 23.9 Å². The molecule has 4 heteroatoms. The van der Waals surface area contributed by atoms with Crippen molar-refractivity contribution in [2.45, 2.75) is 18.1 Å². The molecule has 16 heavy (non-hydrogen) atoms. The minimum absolute atomic E-state index is 0.545. The lowest BCUT2D eigenvalue weighted by Crippen LogP contribution is -2.13. The molecule has 1 aliphatic heterocycles. The lowest BCUT2D eigenvalue weighted by molar-refractivity contribution is 0.805. The van der Waals surface area contributed by atoms with E-state index in [4.69, 9.17) is 11.0 Å². The molecule has 2 rings (SSSR count). The van der Waals surface area contributed by atoms with Crippen LogP contribution in [0.15, 0.2) is 18.2 Å². The van der Waals surface area contributed by atoms with Crippen LogP contribution in [0.5, 0.6) is 0 Å². The van der Waals surface area contributed by atoms with Crippen LogP contribution in [0.1, 0.15) is 18.4 Å². The second kappa shape index (κ2) is 5.13. The number of nitrogens with zero attached hydrogens (tertiary/aromatic N) is 1. The van der Waals surface area contributed by atoms with E-state index in [0.717, 1.165) is 12.2 Å². The third kappa shape index (κ3) is 2.61. The van der Waals surface area contributed by atoms with E-state index >= 15 is 0 Å².